The lowest BCUT2D eigenvalue weighted by molar-refractivity contribution is 0.0729. The second kappa shape index (κ2) is 8.10. The third-order valence-corrected chi connectivity index (χ3v) is 5.66. The summed E-state index contributed by atoms with van der Waals surface area (Å²) in [4.78, 5) is 36.7. The normalized spacial score (nSPS) is 16.0. The Morgan fingerprint density at radius 3 is 2.70 bits per heavy atom. The molecule has 0 aromatic carbocycles. The van der Waals surface area contributed by atoms with Crippen LogP contribution in [0.5, 0.6) is 0 Å². The number of carbonyl (C=O) groups is 1. The van der Waals surface area contributed by atoms with Crippen LogP contribution < -0.4 is 10.9 Å². The van der Waals surface area contributed by atoms with Crippen LogP contribution >= 0.6 is 0 Å². The highest BCUT2D eigenvalue weighted by Gasteiger charge is 2.33. The average Bonchev–Trinajstić information content (AvgIpc) is 3.23. The van der Waals surface area contributed by atoms with Gasteiger partial charge in [-0.05, 0) is 62.6 Å². The van der Waals surface area contributed by atoms with E-state index in [9.17, 15) is 9.59 Å². The molecule has 0 bridgehead atoms. The molecule has 4 heterocycles. The number of hydrogen-bond donors (Lipinski definition) is 1. The number of aromatic nitrogens is 3. The van der Waals surface area contributed by atoms with E-state index in [-0.39, 0.29) is 23.1 Å². The van der Waals surface area contributed by atoms with E-state index in [4.69, 9.17) is 0 Å². The van der Waals surface area contributed by atoms with Crippen LogP contribution in [0, 0.1) is 13.8 Å². The first kappa shape index (κ1) is 19.8. The van der Waals surface area contributed by atoms with Gasteiger partial charge in [-0.3, -0.25) is 14.6 Å². The van der Waals surface area contributed by atoms with Crippen molar-refractivity contribution in [2.24, 2.45) is 7.05 Å². The van der Waals surface area contributed by atoms with E-state index in [1.165, 1.54) is 4.57 Å². The van der Waals surface area contributed by atoms with Crippen molar-refractivity contribution in [3.05, 3.63) is 81.7 Å². The number of likely N-dealkylation sites (tertiary alicyclic amines) is 1. The predicted molar refractivity (Wildman–Crippen MR) is 116 cm³/mol. The lowest BCUT2D eigenvalue weighted by atomic mass is 10.1. The number of amides is 1. The minimum atomic E-state index is -0.244. The van der Waals surface area contributed by atoms with Gasteiger partial charge in [0, 0.05) is 25.5 Å². The third kappa shape index (κ3) is 3.70. The largest absolute Gasteiger partial charge is 0.339 e. The number of carbonyl (C=O) groups excluding carboxylic acids is 1. The van der Waals surface area contributed by atoms with Crippen LogP contribution in [0.3, 0.4) is 0 Å². The van der Waals surface area contributed by atoms with Gasteiger partial charge in [-0.15, -0.1) is 0 Å². The zero-order valence-electron chi connectivity index (χ0n) is 17.4. The molecule has 154 valence electrons. The minimum Gasteiger partial charge on any atom is -0.339 e. The summed E-state index contributed by atoms with van der Waals surface area (Å²) >= 11 is 0. The Bertz CT molecular complexity index is 1120. The zero-order chi connectivity index (χ0) is 21.3. The quantitative estimate of drug-likeness (QED) is 0.721. The summed E-state index contributed by atoms with van der Waals surface area (Å²) in [6.45, 7) is 4.31. The molecule has 1 aliphatic rings. The molecule has 4 rings (SSSR count). The fourth-order valence-electron chi connectivity index (χ4n) is 3.96. The molecule has 1 amide bonds. The minimum absolute atomic E-state index is 0.133. The summed E-state index contributed by atoms with van der Waals surface area (Å²) in [5.41, 5.74) is 3.22. The van der Waals surface area contributed by atoms with Crippen molar-refractivity contribution in [1.82, 2.24) is 19.4 Å². The van der Waals surface area contributed by atoms with Crippen LogP contribution in [0.1, 0.15) is 46.2 Å². The molecule has 1 N–H and O–H groups in total. The average molecular weight is 403 g/mol. The maximum atomic E-state index is 13.3. The number of hydrogen-bond acceptors (Lipinski definition) is 5. The van der Waals surface area contributed by atoms with Crippen LogP contribution in [0.4, 0.5) is 11.5 Å². The molecular formula is C23H25N5O2. The molecule has 0 aliphatic carbocycles. The van der Waals surface area contributed by atoms with E-state index in [0.717, 1.165) is 35.7 Å². The highest BCUT2D eigenvalue weighted by Crippen LogP contribution is 2.32. The number of aryl methyl sites for hydroxylation is 2. The number of nitrogens with zero attached hydrogens (tertiary/aromatic N) is 4. The highest BCUT2D eigenvalue weighted by molar-refractivity contribution is 5.95. The summed E-state index contributed by atoms with van der Waals surface area (Å²) in [6.07, 6.45) is 5.19. The Labute approximate surface area is 175 Å². The number of pyridine rings is 3. The van der Waals surface area contributed by atoms with Gasteiger partial charge < -0.3 is 14.8 Å². The Balaban J connectivity index is 1.58. The molecule has 7 heteroatoms. The standard InChI is InChI=1S/C23H25N5O2/c1-15-13-16(2)27(3)22(29)21(15)23(30)28-12-6-7-19(28)18-10-9-17(14-25-18)26-20-8-4-5-11-24-20/h4-5,8-11,13-14,19H,6-7,12H2,1-3H3,(H,24,26). The molecule has 1 saturated heterocycles. The molecule has 1 aliphatic heterocycles. The van der Waals surface area contributed by atoms with Gasteiger partial charge in [-0.25, -0.2) is 4.98 Å². The Morgan fingerprint density at radius 2 is 2.00 bits per heavy atom. The molecule has 30 heavy (non-hydrogen) atoms. The highest BCUT2D eigenvalue weighted by atomic mass is 16.2. The Morgan fingerprint density at radius 1 is 1.17 bits per heavy atom. The van der Waals surface area contributed by atoms with Crippen molar-refractivity contribution in [2.75, 3.05) is 11.9 Å². The fourth-order valence-corrected chi connectivity index (χ4v) is 3.96. The predicted octanol–water partition coefficient (Wildman–Crippen LogP) is 3.51. The molecule has 3 aromatic heterocycles. The summed E-state index contributed by atoms with van der Waals surface area (Å²) < 4.78 is 1.53. The SMILES string of the molecule is Cc1cc(C)n(C)c(=O)c1C(=O)N1CCCC1c1ccc(Nc2ccccn2)cn1. The van der Waals surface area contributed by atoms with Crippen molar-refractivity contribution >= 4 is 17.4 Å². The van der Waals surface area contributed by atoms with Crippen molar-refractivity contribution < 1.29 is 4.79 Å². The van der Waals surface area contributed by atoms with E-state index in [1.54, 1.807) is 24.3 Å². The first-order valence-electron chi connectivity index (χ1n) is 10.1. The molecule has 3 aromatic rings. The van der Waals surface area contributed by atoms with Gasteiger partial charge in [0.2, 0.25) is 0 Å². The van der Waals surface area contributed by atoms with Gasteiger partial charge in [0.15, 0.2) is 0 Å². The first-order valence-corrected chi connectivity index (χ1v) is 10.1. The summed E-state index contributed by atoms with van der Waals surface area (Å²) in [5.74, 6) is 0.531. The van der Waals surface area contributed by atoms with Crippen LogP contribution in [-0.2, 0) is 7.05 Å². The second-order valence-corrected chi connectivity index (χ2v) is 7.68. The summed E-state index contributed by atoms with van der Waals surface area (Å²) in [6, 6.07) is 11.3. The number of nitrogens with one attached hydrogen (secondary N) is 1. The topological polar surface area (TPSA) is 80.1 Å². The van der Waals surface area contributed by atoms with E-state index in [2.05, 4.69) is 15.3 Å². The molecule has 1 unspecified atom stereocenters. The smallest absolute Gasteiger partial charge is 0.263 e. The fraction of sp³-hybridized carbons (Fsp3) is 0.304. The van der Waals surface area contributed by atoms with E-state index >= 15 is 0 Å². The van der Waals surface area contributed by atoms with Gasteiger partial charge in [-0.2, -0.15) is 0 Å². The van der Waals surface area contributed by atoms with Crippen molar-refractivity contribution in [3.63, 3.8) is 0 Å². The Kier molecular flexibility index (Phi) is 5.35. The van der Waals surface area contributed by atoms with Gasteiger partial charge in [0.05, 0.1) is 23.6 Å². The van der Waals surface area contributed by atoms with Gasteiger partial charge in [-0.1, -0.05) is 6.07 Å². The van der Waals surface area contributed by atoms with Crippen LogP contribution in [0.15, 0.2) is 53.6 Å². The second-order valence-electron chi connectivity index (χ2n) is 7.68. The molecule has 1 fully saturated rings. The van der Waals surface area contributed by atoms with Gasteiger partial charge >= 0.3 is 0 Å². The summed E-state index contributed by atoms with van der Waals surface area (Å²) in [5, 5.41) is 3.21. The zero-order valence-corrected chi connectivity index (χ0v) is 17.4. The lowest BCUT2D eigenvalue weighted by Gasteiger charge is -2.25. The maximum absolute atomic E-state index is 13.3. The van der Waals surface area contributed by atoms with Crippen molar-refractivity contribution in [2.45, 2.75) is 32.7 Å². The molecule has 0 radical (unpaired) electrons. The van der Waals surface area contributed by atoms with Crippen LogP contribution in [0.25, 0.3) is 0 Å². The van der Waals surface area contributed by atoms with E-state index in [0.29, 0.717) is 12.1 Å². The van der Waals surface area contributed by atoms with Gasteiger partial charge in [0.25, 0.3) is 11.5 Å². The number of rotatable bonds is 4. The molecule has 0 spiro atoms. The Hall–Kier alpha value is -3.48. The molecular weight excluding hydrogens is 378 g/mol. The molecule has 7 nitrogen and oxygen atoms in total. The van der Waals surface area contributed by atoms with Crippen LogP contribution in [-0.4, -0.2) is 31.9 Å². The third-order valence-electron chi connectivity index (χ3n) is 5.66. The van der Waals surface area contributed by atoms with E-state index < -0.39 is 0 Å². The van der Waals surface area contributed by atoms with Crippen molar-refractivity contribution in [1.29, 1.82) is 0 Å². The van der Waals surface area contributed by atoms with E-state index in [1.807, 2.05) is 50.2 Å². The lowest BCUT2D eigenvalue weighted by Crippen LogP contribution is -2.37. The molecule has 1 atom stereocenters. The molecule has 0 saturated carbocycles. The number of anilines is 2. The summed E-state index contributed by atoms with van der Waals surface area (Å²) in [7, 11) is 1.70. The van der Waals surface area contributed by atoms with Crippen LogP contribution in [0.2, 0.25) is 0 Å². The first-order chi connectivity index (χ1) is 14.5. The maximum Gasteiger partial charge on any atom is 0.263 e. The monoisotopic (exact) mass is 403 g/mol. The van der Waals surface area contributed by atoms with Crippen molar-refractivity contribution in [3.8, 4) is 0 Å². The van der Waals surface area contributed by atoms with Gasteiger partial charge in [0.1, 0.15) is 11.4 Å².